The van der Waals surface area contributed by atoms with Crippen LogP contribution in [0.15, 0.2) is 0 Å². The lowest BCUT2D eigenvalue weighted by Gasteiger charge is -2.24. The van der Waals surface area contributed by atoms with Crippen LogP contribution in [0.4, 0.5) is 0 Å². The third-order valence-electron chi connectivity index (χ3n) is 2.73. The highest BCUT2D eigenvalue weighted by atomic mass is 16.5. The lowest BCUT2D eigenvalue weighted by molar-refractivity contribution is -0.132. The van der Waals surface area contributed by atoms with Crippen molar-refractivity contribution in [3.63, 3.8) is 0 Å². The summed E-state index contributed by atoms with van der Waals surface area (Å²) in [6, 6.07) is 0.218. The van der Waals surface area contributed by atoms with Crippen molar-refractivity contribution in [2.24, 2.45) is 0 Å². The van der Waals surface area contributed by atoms with Crippen LogP contribution in [-0.2, 0) is 14.3 Å². The lowest BCUT2D eigenvalue weighted by atomic mass is 10.2. The summed E-state index contributed by atoms with van der Waals surface area (Å²) in [7, 11) is 3.33. The molecule has 1 unspecified atom stereocenters. The number of methoxy groups -OCH3 is 2. The van der Waals surface area contributed by atoms with Crippen LogP contribution in [0.5, 0.6) is 0 Å². The van der Waals surface area contributed by atoms with E-state index >= 15 is 0 Å². The first-order chi connectivity index (χ1) is 8.65. The van der Waals surface area contributed by atoms with E-state index in [1.54, 1.807) is 14.2 Å². The molecule has 0 aliphatic heterocycles. The van der Waals surface area contributed by atoms with Gasteiger partial charge in [0.05, 0.1) is 6.61 Å². The molecular weight excluding hydrogens is 232 g/mol. The molecule has 1 amide bonds. The normalized spacial score (nSPS) is 12.4. The van der Waals surface area contributed by atoms with E-state index in [0.29, 0.717) is 26.2 Å². The standard InChI is InChI=1S/C13H28N2O3/c1-5-14-12(2)11-13(16)15(8-10-18-4)7-6-9-17-3/h12,14H,5-11H2,1-4H3. The van der Waals surface area contributed by atoms with Crippen molar-refractivity contribution in [3.8, 4) is 0 Å². The summed E-state index contributed by atoms with van der Waals surface area (Å²) in [6.07, 6.45) is 1.39. The highest BCUT2D eigenvalue weighted by Crippen LogP contribution is 2.01. The van der Waals surface area contributed by atoms with E-state index in [9.17, 15) is 4.79 Å². The van der Waals surface area contributed by atoms with Crippen molar-refractivity contribution >= 4 is 5.91 Å². The number of hydrogen-bond donors (Lipinski definition) is 1. The summed E-state index contributed by atoms with van der Waals surface area (Å²) in [5.41, 5.74) is 0. The van der Waals surface area contributed by atoms with Crippen molar-refractivity contribution in [1.82, 2.24) is 10.2 Å². The van der Waals surface area contributed by atoms with E-state index in [0.717, 1.165) is 19.5 Å². The Kier molecular flexibility index (Phi) is 11.0. The van der Waals surface area contributed by atoms with Gasteiger partial charge in [0.1, 0.15) is 0 Å². The van der Waals surface area contributed by atoms with Gasteiger partial charge in [-0.15, -0.1) is 0 Å². The predicted molar refractivity (Wildman–Crippen MR) is 72.7 cm³/mol. The topological polar surface area (TPSA) is 50.8 Å². The number of amides is 1. The molecule has 5 nitrogen and oxygen atoms in total. The second-order valence-corrected chi connectivity index (χ2v) is 4.38. The Balaban J connectivity index is 4.11. The number of nitrogens with zero attached hydrogens (tertiary/aromatic N) is 1. The molecule has 0 heterocycles. The van der Waals surface area contributed by atoms with E-state index in [1.165, 1.54) is 0 Å². The lowest BCUT2D eigenvalue weighted by Crippen LogP contribution is -2.39. The second-order valence-electron chi connectivity index (χ2n) is 4.38. The third kappa shape index (κ3) is 8.44. The molecule has 0 radical (unpaired) electrons. The number of ether oxygens (including phenoxy) is 2. The molecule has 0 fully saturated rings. The molecule has 108 valence electrons. The zero-order valence-electron chi connectivity index (χ0n) is 12.2. The van der Waals surface area contributed by atoms with Crippen molar-refractivity contribution < 1.29 is 14.3 Å². The average Bonchev–Trinajstić information content (AvgIpc) is 2.33. The van der Waals surface area contributed by atoms with Gasteiger partial charge in [0, 0.05) is 46.4 Å². The molecule has 0 aromatic rings. The van der Waals surface area contributed by atoms with Gasteiger partial charge in [-0.25, -0.2) is 0 Å². The molecule has 0 rings (SSSR count). The zero-order valence-corrected chi connectivity index (χ0v) is 12.2. The maximum Gasteiger partial charge on any atom is 0.224 e. The largest absolute Gasteiger partial charge is 0.385 e. The van der Waals surface area contributed by atoms with Gasteiger partial charge in [-0.2, -0.15) is 0 Å². The molecule has 0 saturated heterocycles. The summed E-state index contributed by atoms with van der Waals surface area (Å²) in [5, 5.41) is 3.25. The van der Waals surface area contributed by atoms with Gasteiger partial charge in [0.15, 0.2) is 0 Å². The van der Waals surface area contributed by atoms with Crippen LogP contribution < -0.4 is 5.32 Å². The third-order valence-corrected chi connectivity index (χ3v) is 2.73. The number of nitrogens with one attached hydrogen (secondary N) is 1. The van der Waals surface area contributed by atoms with E-state index in [-0.39, 0.29) is 11.9 Å². The summed E-state index contributed by atoms with van der Waals surface area (Å²) < 4.78 is 10.1. The number of rotatable bonds is 11. The van der Waals surface area contributed by atoms with Crippen LogP contribution >= 0.6 is 0 Å². The first kappa shape index (κ1) is 17.4. The van der Waals surface area contributed by atoms with Gasteiger partial charge in [0.2, 0.25) is 5.91 Å². The Labute approximate surface area is 111 Å². The minimum Gasteiger partial charge on any atom is -0.385 e. The van der Waals surface area contributed by atoms with Crippen LogP contribution in [-0.4, -0.2) is 63.9 Å². The quantitative estimate of drug-likeness (QED) is 0.560. The molecule has 0 spiro atoms. The second kappa shape index (κ2) is 11.4. The van der Waals surface area contributed by atoms with Crippen molar-refractivity contribution in [2.75, 3.05) is 47.1 Å². The summed E-state index contributed by atoms with van der Waals surface area (Å²) in [5.74, 6) is 0.177. The van der Waals surface area contributed by atoms with Crippen LogP contribution in [0, 0.1) is 0 Å². The molecule has 0 bridgehead atoms. The maximum atomic E-state index is 12.1. The first-order valence-corrected chi connectivity index (χ1v) is 6.64. The molecule has 1 N–H and O–H groups in total. The van der Waals surface area contributed by atoms with E-state index in [1.807, 2.05) is 18.7 Å². The smallest absolute Gasteiger partial charge is 0.224 e. The van der Waals surface area contributed by atoms with E-state index in [2.05, 4.69) is 5.32 Å². The molecule has 18 heavy (non-hydrogen) atoms. The highest BCUT2D eigenvalue weighted by Gasteiger charge is 2.15. The summed E-state index contributed by atoms with van der Waals surface area (Å²) >= 11 is 0. The Morgan fingerprint density at radius 3 is 2.44 bits per heavy atom. The Morgan fingerprint density at radius 2 is 1.89 bits per heavy atom. The monoisotopic (exact) mass is 260 g/mol. The molecule has 1 atom stereocenters. The van der Waals surface area contributed by atoms with Crippen LogP contribution in [0.3, 0.4) is 0 Å². The van der Waals surface area contributed by atoms with Gasteiger partial charge in [0.25, 0.3) is 0 Å². The Hall–Kier alpha value is -0.650. The molecule has 0 aliphatic carbocycles. The molecule has 0 saturated carbocycles. The summed E-state index contributed by atoms with van der Waals surface area (Å²) in [6.45, 7) is 7.60. The maximum absolute atomic E-state index is 12.1. The first-order valence-electron chi connectivity index (χ1n) is 6.64. The SMILES string of the molecule is CCNC(C)CC(=O)N(CCCOC)CCOC. The fourth-order valence-corrected chi connectivity index (χ4v) is 1.77. The number of hydrogen-bond acceptors (Lipinski definition) is 4. The van der Waals surface area contributed by atoms with Gasteiger partial charge in [-0.1, -0.05) is 6.92 Å². The van der Waals surface area contributed by atoms with Gasteiger partial charge in [-0.3, -0.25) is 4.79 Å². The van der Waals surface area contributed by atoms with E-state index in [4.69, 9.17) is 9.47 Å². The van der Waals surface area contributed by atoms with Crippen LogP contribution in [0.25, 0.3) is 0 Å². The van der Waals surface area contributed by atoms with Gasteiger partial charge >= 0.3 is 0 Å². The van der Waals surface area contributed by atoms with Crippen LogP contribution in [0.2, 0.25) is 0 Å². The molecule has 0 aliphatic rings. The highest BCUT2D eigenvalue weighted by molar-refractivity contribution is 5.76. The van der Waals surface area contributed by atoms with Crippen molar-refractivity contribution in [1.29, 1.82) is 0 Å². The zero-order chi connectivity index (χ0) is 13.8. The van der Waals surface area contributed by atoms with Crippen molar-refractivity contribution in [2.45, 2.75) is 32.7 Å². The Morgan fingerprint density at radius 1 is 1.22 bits per heavy atom. The number of carbonyl (C=O) groups excluding carboxylic acids is 1. The molecule has 0 aromatic carbocycles. The minimum atomic E-state index is 0.177. The molecular formula is C13H28N2O3. The average molecular weight is 260 g/mol. The van der Waals surface area contributed by atoms with Gasteiger partial charge < -0.3 is 19.7 Å². The predicted octanol–water partition coefficient (Wildman–Crippen LogP) is 0.886. The van der Waals surface area contributed by atoms with E-state index < -0.39 is 0 Å². The Bertz CT molecular complexity index is 212. The molecule has 5 heteroatoms. The van der Waals surface area contributed by atoms with Gasteiger partial charge in [-0.05, 0) is 19.9 Å². The summed E-state index contributed by atoms with van der Waals surface area (Å²) in [4.78, 5) is 14.0. The van der Waals surface area contributed by atoms with Crippen LogP contribution in [0.1, 0.15) is 26.7 Å². The fraction of sp³-hybridized carbons (Fsp3) is 0.923. The fourth-order valence-electron chi connectivity index (χ4n) is 1.77. The number of carbonyl (C=O) groups is 1. The van der Waals surface area contributed by atoms with Crippen molar-refractivity contribution in [3.05, 3.63) is 0 Å². The molecule has 0 aromatic heterocycles. The minimum absolute atomic E-state index is 0.177.